The number of fused-ring (bicyclic) bond motifs is 1. The van der Waals surface area contributed by atoms with Gasteiger partial charge in [0, 0.05) is 74.4 Å². The predicted octanol–water partition coefficient (Wildman–Crippen LogP) is 15.6. The number of hydrogen-bond donors (Lipinski definition) is 1. The third-order valence-corrected chi connectivity index (χ3v) is 11.1. The molecule has 0 amide bonds. The monoisotopic (exact) mass is 1030 g/mol. The largest absolute Gasteiger partial charge is 0.507 e. The molecule has 0 saturated heterocycles. The topological polar surface area (TPSA) is 50.9 Å². The molecule has 0 spiro atoms. The molecule has 0 aliphatic rings. The van der Waals surface area contributed by atoms with Crippen molar-refractivity contribution in [2.45, 2.75) is 105 Å². The summed E-state index contributed by atoms with van der Waals surface area (Å²) in [6.07, 6.45) is 1.64. The summed E-state index contributed by atoms with van der Waals surface area (Å²) in [5.74, 6) is -2.91. The first kappa shape index (κ1) is 25.1. The van der Waals surface area contributed by atoms with Crippen LogP contribution in [-0.4, -0.2) is 19.6 Å². The van der Waals surface area contributed by atoms with Crippen LogP contribution in [0.2, 0.25) is 0 Å². The molecule has 324 valence electrons. The van der Waals surface area contributed by atoms with Gasteiger partial charge in [-0.05, 0) is 98.3 Å². The van der Waals surface area contributed by atoms with Crippen LogP contribution in [-0.2, 0) is 37.3 Å². The van der Waals surface area contributed by atoms with Gasteiger partial charge in [-0.3, -0.25) is 9.55 Å². The Balaban J connectivity index is 0.0000104. The van der Waals surface area contributed by atoms with Crippen LogP contribution in [0.25, 0.3) is 72.7 Å². The van der Waals surface area contributed by atoms with Gasteiger partial charge in [-0.15, -0.1) is 29.3 Å². The maximum atomic E-state index is 12.9. The van der Waals surface area contributed by atoms with E-state index in [9.17, 15) is 5.11 Å². The summed E-state index contributed by atoms with van der Waals surface area (Å²) in [6.45, 7) is -18.3. The zero-order valence-electron chi connectivity index (χ0n) is 57.3. The number of rotatable bonds is 7. The molecule has 0 aliphatic carbocycles. The van der Waals surface area contributed by atoms with E-state index in [1.54, 1.807) is 62.5 Å². The van der Waals surface area contributed by atoms with Crippen LogP contribution in [0.4, 0.5) is 0 Å². The third-order valence-electron chi connectivity index (χ3n) is 11.1. The van der Waals surface area contributed by atoms with Crippen molar-refractivity contribution in [3.8, 4) is 67.5 Å². The summed E-state index contributed by atoms with van der Waals surface area (Å²) in [6, 6.07) is 36.9. The van der Waals surface area contributed by atoms with Crippen LogP contribution in [0.5, 0.6) is 5.75 Å². The SMILES string of the molecule is [2H]C([2H])([2H])c1cc(-n2c(-c3cc(C(C([2H])([2H])[2H])(C([2H])([2H])[2H])C([2H])([2H])[2H])cc(C(C([2H])([2H])[2H])(C([2H])([2H])[2H])C([2H])([2H])[2H])c3O)nc3c(-c4[c-]c(-c5cc(-c6ccc(C([2H])(C)C)cc6)ccn5)cc(C(C)(C)C)c4)cccc32)ccc1-c1ccccc1.[Pt]. The minimum atomic E-state index is -4.22. The van der Waals surface area contributed by atoms with Crippen molar-refractivity contribution in [2.75, 3.05) is 0 Å². The van der Waals surface area contributed by atoms with Crippen LogP contribution in [0.15, 0.2) is 134 Å². The fraction of sp³-hybridized carbons (Fsp3) is 0.276. The van der Waals surface area contributed by atoms with Crippen molar-refractivity contribution in [3.05, 3.63) is 167 Å². The summed E-state index contributed by atoms with van der Waals surface area (Å²) < 4.78 is 193. The van der Waals surface area contributed by atoms with Crippen LogP contribution in [0.3, 0.4) is 0 Å². The molecule has 2 aromatic heterocycles. The molecule has 4 nitrogen and oxygen atoms in total. The van der Waals surface area contributed by atoms with Crippen molar-refractivity contribution >= 4 is 11.0 Å². The molecule has 0 bridgehead atoms. The first-order valence-corrected chi connectivity index (χ1v) is 20.0. The molecule has 5 heteroatoms. The van der Waals surface area contributed by atoms with E-state index in [0.717, 1.165) is 22.3 Å². The van der Waals surface area contributed by atoms with Gasteiger partial charge in [-0.1, -0.05) is 172 Å². The fourth-order valence-electron chi connectivity index (χ4n) is 7.65. The van der Waals surface area contributed by atoms with Gasteiger partial charge < -0.3 is 5.11 Å². The van der Waals surface area contributed by atoms with Crippen molar-refractivity contribution in [1.82, 2.24) is 14.5 Å². The Morgan fingerprint density at radius 1 is 0.651 bits per heavy atom. The van der Waals surface area contributed by atoms with E-state index < -0.39 is 98.4 Å². The zero-order valence-corrected chi connectivity index (χ0v) is 37.6. The number of aromatic nitrogens is 3. The van der Waals surface area contributed by atoms with E-state index >= 15 is 0 Å². The second-order valence-electron chi connectivity index (χ2n) is 16.9. The Morgan fingerprint density at radius 2 is 1.37 bits per heavy atom. The maximum absolute atomic E-state index is 12.9. The summed E-state index contributed by atoms with van der Waals surface area (Å²) in [5.41, 5.74) is -7.20. The smallest absolute Gasteiger partial charge is 0.148 e. The number of pyridine rings is 1. The Hall–Kier alpha value is -5.57. The molecule has 0 fully saturated rings. The van der Waals surface area contributed by atoms with Gasteiger partial charge in [0.05, 0.1) is 16.6 Å². The summed E-state index contributed by atoms with van der Waals surface area (Å²) >= 11 is 0. The quantitative estimate of drug-likeness (QED) is 0.162. The van der Waals surface area contributed by atoms with Gasteiger partial charge in [0.25, 0.3) is 0 Å². The number of phenolic OH excluding ortho intramolecular Hbond substituents is 1. The average molecular weight is 1030 g/mol. The van der Waals surface area contributed by atoms with E-state index in [0.29, 0.717) is 34.0 Å². The second-order valence-corrected chi connectivity index (χ2v) is 16.9. The van der Waals surface area contributed by atoms with Gasteiger partial charge in [0.15, 0.2) is 0 Å². The number of aromatic hydroxyl groups is 1. The number of benzene rings is 6. The number of hydrogen-bond acceptors (Lipinski definition) is 3. The van der Waals surface area contributed by atoms with Crippen molar-refractivity contribution in [1.29, 1.82) is 0 Å². The van der Waals surface area contributed by atoms with E-state index in [1.165, 1.54) is 28.8 Å². The van der Waals surface area contributed by atoms with Crippen LogP contribution < -0.4 is 0 Å². The minimum Gasteiger partial charge on any atom is -0.507 e. The first-order valence-electron chi connectivity index (χ1n) is 31.0. The van der Waals surface area contributed by atoms with Gasteiger partial charge in [0.1, 0.15) is 11.6 Å². The molecule has 8 rings (SSSR count). The molecule has 2 heterocycles. The van der Waals surface area contributed by atoms with E-state index in [2.05, 4.69) is 6.07 Å². The van der Waals surface area contributed by atoms with Gasteiger partial charge in [-0.25, -0.2) is 4.98 Å². The number of imidazole rings is 1. The molecule has 6 aromatic carbocycles. The summed E-state index contributed by atoms with van der Waals surface area (Å²) in [5, 5.41) is 12.9. The molecule has 1 N–H and O–H groups in total. The van der Waals surface area contributed by atoms with E-state index in [1.807, 2.05) is 69.3 Å². The minimum absolute atomic E-state index is 0. The van der Waals surface area contributed by atoms with Crippen LogP contribution in [0.1, 0.15) is 140 Å². The maximum Gasteiger partial charge on any atom is 0.148 e. The molecule has 0 unspecified atom stereocenters. The summed E-state index contributed by atoms with van der Waals surface area (Å²) in [4.78, 5) is 9.77. The number of para-hydroxylation sites is 1. The average Bonchev–Trinajstić information content (AvgIpc) is 1.07. The number of nitrogens with zero attached hydrogens (tertiary/aromatic N) is 3. The Labute approximate surface area is 420 Å². The second kappa shape index (κ2) is 17.2. The number of phenols is 1. The Bertz CT molecular complexity index is 3710. The molecule has 0 atom stereocenters. The van der Waals surface area contributed by atoms with Gasteiger partial charge in [-0.2, -0.15) is 0 Å². The molecular weight excluding hydrogens is 950 g/mol. The normalized spacial score (nSPS) is 18.9. The molecular formula is C58H60N3OPt-. The molecule has 0 saturated carbocycles. The Kier molecular flexibility index (Phi) is 6.84. The molecule has 0 aliphatic heterocycles. The van der Waals surface area contributed by atoms with E-state index in [4.69, 9.17) is 40.1 Å². The summed E-state index contributed by atoms with van der Waals surface area (Å²) in [7, 11) is 0. The standard InChI is InChI=1S/C58H60N3O.Pt/c1-36(2)38-21-23-39(24-22-38)41-27-28-59-51(33-41)43-30-42(31-44(32-43)56(4,5)6)48-19-16-20-52-53(48)60-55(49-34-45(57(7,8)9)35-50(54(49)62)58(10,11)12)61(52)46-25-26-47(37(3)29-46)40-17-14-13-15-18-40;/h13-29,31-36,62H,1-12H3;/q-1;/i3D3,7D3,8D3,9D3,10D3,11D3,12D3,36D;. The van der Waals surface area contributed by atoms with Crippen LogP contribution >= 0.6 is 0 Å². The van der Waals surface area contributed by atoms with Crippen molar-refractivity contribution in [3.63, 3.8) is 0 Å². The third kappa shape index (κ3) is 9.11. The Morgan fingerprint density at radius 3 is 2.05 bits per heavy atom. The van der Waals surface area contributed by atoms with Gasteiger partial charge >= 0.3 is 0 Å². The first-order chi connectivity index (χ1) is 38.3. The number of aryl methyl sites for hydroxylation is 1. The predicted molar refractivity (Wildman–Crippen MR) is 261 cm³/mol. The zero-order chi connectivity index (χ0) is 62.7. The molecule has 8 aromatic rings. The van der Waals surface area contributed by atoms with Crippen LogP contribution in [0, 0.1) is 12.9 Å². The fourth-order valence-corrected chi connectivity index (χ4v) is 7.65. The van der Waals surface area contributed by atoms with Crippen molar-refractivity contribution < 1.29 is 56.3 Å². The molecule has 0 radical (unpaired) electrons. The van der Waals surface area contributed by atoms with E-state index in [-0.39, 0.29) is 55.0 Å². The molecule has 63 heavy (non-hydrogen) atoms. The van der Waals surface area contributed by atoms with Crippen molar-refractivity contribution in [2.24, 2.45) is 0 Å². The van der Waals surface area contributed by atoms with Gasteiger partial charge in [0.2, 0.25) is 0 Å².